The van der Waals surface area contributed by atoms with E-state index in [4.69, 9.17) is 14.2 Å². The summed E-state index contributed by atoms with van der Waals surface area (Å²) in [5.74, 6) is -0.896. The maximum Gasteiger partial charge on any atom is 0.306 e. The lowest BCUT2D eigenvalue weighted by Crippen LogP contribution is -2.30. The van der Waals surface area contributed by atoms with Crippen molar-refractivity contribution in [1.82, 2.24) is 0 Å². The molecule has 0 aliphatic rings. The Balaban J connectivity index is 4.32. The second-order valence-corrected chi connectivity index (χ2v) is 20.6. The third-order valence-corrected chi connectivity index (χ3v) is 13.4. The van der Waals surface area contributed by atoms with Crippen molar-refractivity contribution in [2.45, 2.75) is 316 Å². The van der Waals surface area contributed by atoms with Crippen LogP contribution < -0.4 is 0 Å². The third kappa shape index (κ3) is 57.7. The standard InChI is InChI=1S/C66H116O6/c1-4-7-10-13-16-19-22-25-27-29-31-32-33-34-36-37-39-41-44-47-50-53-56-59-65(68)71-62-63(61-70-64(67)58-55-52-49-46-43-24-21-18-15-12-9-6-3)72-66(69)60-57-54-51-48-45-42-40-38-35-30-28-26-23-20-17-14-11-8-5-2/h8,11,17-18,20-21,26,28-29,31,35,38,63H,4-7,9-10,12-16,19,22-25,27,30,32-34,36-37,39-62H2,1-3H3/b11-8-,20-17-,21-18-,28-26-,31-29-,38-35-. The van der Waals surface area contributed by atoms with E-state index in [1.54, 1.807) is 0 Å². The van der Waals surface area contributed by atoms with Gasteiger partial charge in [0.05, 0.1) is 0 Å². The molecule has 0 amide bonds. The van der Waals surface area contributed by atoms with Crippen molar-refractivity contribution in [3.05, 3.63) is 72.9 Å². The van der Waals surface area contributed by atoms with Crippen LogP contribution >= 0.6 is 0 Å². The van der Waals surface area contributed by atoms with E-state index in [-0.39, 0.29) is 31.1 Å². The number of carbonyl (C=O) groups excluding carboxylic acids is 3. The van der Waals surface area contributed by atoms with Gasteiger partial charge in [0, 0.05) is 19.3 Å². The van der Waals surface area contributed by atoms with Crippen LogP contribution in [0.4, 0.5) is 0 Å². The molecule has 6 heteroatoms. The molecule has 0 aliphatic carbocycles. The SMILES string of the molecule is CC/C=C\C/C=C\C/C=C\C/C=C\CCCCCCCCC(=O)OC(COC(=O)CCCCCCC/C=C\CCCCC)COC(=O)CCCCCCCCCCCCC/C=C\CCCCCCCCCC. The fourth-order valence-electron chi connectivity index (χ4n) is 8.78. The van der Waals surface area contributed by atoms with Crippen LogP contribution in [0.5, 0.6) is 0 Å². The number of hydrogen-bond donors (Lipinski definition) is 0. The third-order valence-electron chi connectivity index (χ3n) is 13.4. The van der Waals surface area contributed by atoms with Crippen molar-refractivity contribution in [2.24, 2.45) is 0 Å². The van der Waals surface area contributed by atoms with Crippen molar-refractivity contribution in [2.75, 3.05) is 13.2 Å². The van der Waals surface area contributed by atoms with E-state index >= 15 is 0 Å². The van der Waals surface area contributed by atoms with Crippen LogP contribution in [0.3, 0.4) is 0 Å². The molecule has 0 bridgehead atoms. The summed E-state index contributed by atoms with van der Waals surface area (Å²) >= 11 is 0. The number of esters is 3. The van der Waals surface area contributed by atoms with E-state index in [0.717, 1.165) is 103 Å². The van der Waals surface area contributed by atoms with Gasteiger partial charge in [0.2, 0.25) is 0 Å². The molecule has 72 heavy (non-hydrogen) atoms. The van der Waals surface area contributed by atoms with Crippen LogP contribution in [-0.4, -0.2) is 37.2 Å². The van der Waals surface area contributed by atoms with Crippen LogP contribution in [0.1, 0.15) is 310 Å². The van der Waals surface area contributed by atoms with Crippen molar-refractivity contribution in [3.8, 4) is 0 Å². The van der Waals surface area contributed by atoms with Crippen LogP contribution in [0.15, 0.2) is 72.9 Å². The molecule has 1 unspecified atom stereocenters. The molecule has 0 radical (unpaired) electrons. The lowest BCUT2D eigenvalue weighted by atomic mass is 10.0. The summed E-state index contributed by atoms with van der Waals surface area (Å²) in [6.45, 7) is 6.51. The second kappa shape index (κ2) is 60.4. The first-order chi connectivity index (χ1) is 35.5. The van der Waals surface area contributed by atoms with Crippen molar-refractivity contribution in [1.29, 1.82) is 0 Å². The van der Waals surface area contributed by atoms with Gasteiger partial charge in [0.15, 0.2) is 6.10 Å². The van der Waals surface area contributed by atoms with E-state index in [2.05, 4.69) is 93.7 Å². The van der Waals surface area contributed by atoms with Crippen molar-refractivity contribution in [3.63, 3.8) is 0 Å². The fraction of sp³-hybridized carbons (Fsp3) is 0.773. The molecule has 0 fully saturated rings. The van der Waals surface area contributed by atoms with Gasteiger partial charge in [0.25, 0.3) is 0 Å². The van der Waals surface area contributed by atoms with Crippen molar-refractivity contribution >= 4 is 17.9 Å². The summed E-state index contributed by atoms with van der Waals surface area (Å²) in [4.78, 5) is 38.2. The molecular weight excluding hydrogens is 889 g/mol. The molecule has 0 heterocycles. The summed E-state index contributed by atoms with van der Waals surface area (Å²) in [6, 6.07) is 0. The molecule has 0 aromatic heterocycles. The topological polar surface area (TPSA) is 78.9 Å². The molecule has 1 atom stereocenters. The van der Waals surface area contributed by atoms with Gasteiger partial charge in [-0.05, 0) is 109 Å². The van der Waals surface area contributed by atoms with E-state index in [0.29, 0.717) is 19.3 Å². The van der Waals surface area contributed by atoms with Crippen LogP contribution in [-0.2, 0) is 28.6 Å². The number of rotatable bonds is 56. The van der Waals surface area contributed by atoms with Gasteiger partial charge >= 0.3 is 17.9 Å². The average molecular weight is 1010 g/mol. The summed E-state index contributed by atoms with van der Waals surface area (Å²) in [5, 5.41) is 0. The van der Waals surface area contributed by atoms with Gasteiger partial charge in [-0.3, -0.25) is 14.4 Å². The fourth-order valence-corrected chi connectivity index (χ4v) is 8.78. The lowest BCUT2D eigenvalue weighted by Gasteiger charge is -2.18. The summed E-state index contributed by atoms with van der Waals surface area (Å²) < 4.78 is 16.9. The van der Waals surface area contributed by atoms with Crippen LogP contribution in [0.2, 0.25) is 0 Å². The highest BCUT2D eigenvalue weighted by Gasteiger charge is 2.19. The Kier molecular flexibility index (Phi) is 57.8. The van der Waals surface area contributed by atoms with E-state index < -0.39 is 6.10 Å². The predicted molar refractivity (Wildman–Crippen MR) is 311 cm³/mol. The molecule has 0 aromatic carbocycles. The summed E-state index contributed by atoms with van der Waals surface area (Å²) in [5.41, 5.74) is 0. The highest BCUT2D eigenvalue weighted by Crippen LogP contribution is 2.16. The minimum absolute atomic E-state index is 0.0831. The monoisotopic (exact) mass is 1000 g/mol. The van der Waals surface area contributed by atoms with Gasteiger partial charge in [-0.2, -0.15) is 0 Å². The Labute approximate surface area is 446 Å². The van der Waals surface area contributed by atoms with Gasteiger partial charge < -0.3 is 14.2 Å². The number of allylic oxidation sites excluding steroid dienone is 12. The van der Waals surface area contributed by atoms with Gasteiger partial charge in [-0.15, -0.1) is 0 Å². The van der Waals surface area contributed by atoms with Gasteiger partial charge in [0.1, 0.15) is 13.2 Å². The van der Waals surface area contributed by atoms with Crippen molar-refractivity contribution < 1.29 is 28.6 Å². The first kappa shape index (κ1) is 68.8. The quantitative estimate of drug-likeness (QED) is 0.0261. The van der Waals surface area contributed by atoms with E-state index in [9.17, 15) is 14.4 Å². The highest BCUT2D eigenvalue weighted by molar-refractivity contribution is 5.71. The molecule has 0 saturated carbocycles. The maximum absolute atomic E-state index is 12.9. The first-order valence-electron chi connectivity index (χ1n) is 30.9. The minimum atomic E-state index is -0.787. The first-order valence-corrected chi connectivity index (χ1v) is 30.9. The average Bonchev–Trinajstić information content (AvgIpc) is 3.38. The predicted octanol–water partition coefficient (Wildman–Crippen LogP) is 20.9. The Morgan fingerprint density at radius 3 is 0.889 bits per heavy atom. The molecule has 0 rings (SSSR count). The van der Waals surface area contributed by atoms with Crippen LogP contribution in [0.25, 0.3) is 0 Å². The molecule has 0 aliphatic heterocycles. The zero-order valence-electron chi connectivity index (χ0n) is 47.7. The highest BCUT2D eigenvalue weighted by atomic mass is 16.6. The van der Waals surface area contributed by atoms with E-state index in [1.165, 1.54) is 167 Å². The largest absolute Gasteiger partial charge is 0.462 e. The maximum atomic E-state index is 12.9. The number of hydrogen-bond acceptors (Lipinski definition) is 6. The Bertz CT molecular complexity index is 1340. The molecule has 0 saturated heterocycles. The molecule has 0 aromatic rings. The molecule has 416 valence electrons. The molecule has 6 nitrogen and oxygen atoms in total. The molecule has 0 N–H and O–H groups in total. The number of ether oxygens (including phenoxy) is 3. The minimum Gasteiger partial charge on any atom is -0.462 e. The molecule has 0 spiro atoms. The second-order valence-electron chi connectivity index (χ2n) is 20.6. The van der Waals surface area contributed by atoms with Crippen LogP contribution in [0, 0.1) is 0 Å². The number of unbranched alkanes of at least 4 members (excludes halogenated alkanes) is 33. The normalized spacial score (nSPS) is 12.5. The van der Waals surface area contributed by atoms with E-state index in [1.807, 2.05) is 0 Å². The Morgan fingerprint density at radius 1 is 0.292 bits per heavy atom. The molecular formula is C66H116O6. The zero-order valence-corrected chi connectivity index (χ0v) is 47.7. The summed E-state index contributed by atoms with van der Waals surface area (Å²) in [6.07, 6.45) is 77.6. The Hall–Kier alpha value is -3.15. The Morgan fingerprint density at radius 2 is 0.542 bits per heavy atom. The smallest absolute Gasteiger partial charge is 0.306 e. The van der Waals surface area contributed by atoms with Gasteiger partial charge in [-0.25, -0.2) is 0 Å². The zero-order chi connectivity index (χ0) is 52.2. The summed E-state index contributed by atoms with van der Waals surface area (Å²) in [7, 11) is 0. The lowest BCUT2D eigenvalue weighted by molar-refractivity contribution is -0.167. The van der Waals surface area contributed by atoms with Gasteiger partial charge in [-0.1, -0.05) is 254 Å². The number of carbonyl (C=O) groups is 3.